The average molecular weight is 250 g/mol. The largest absolute Gasteiger partial charge is 0.481 e. The average Bonchev–Trinajstić information content (AvgIpc) is 2.69. The van der Waals surface area contributed by atoms with Crippen LogP contribution in [0.5, 0.6) is 0 Å². The molecule has 0 spiro atoms. The van der Waals surface area contributed by atoms with Crippen molar-refractivity contribution in [1.82, 2.24) is 0 Å². The van der Waals surface area contributed by atoms with Gasteiger partial charge in [0, 0.05) is 32.1 Å². The van der Waals surface area contributed by atoms with Gasteiger partial charge in [0.05, 0.1) is 0 Å². The molecular weight excluding hydrogens is 232 g/mol. The number of nitrogens with two attached hydrogens (primary N) is 1. The fourth-order valence-electron chi connectivity index (χ4n) is 1.88. The Morgan fingerprint density at radius 3 is 2.61 bits per heavy atom. The molecule has 0 aromatic heterocycles. The molecule has 1 aromatic carbocycles. The summed E-state index contributed by atoms with van der Waals surface area (Å²) in [6.07, 6.45) is 1.52. The number of carbonyl (C=O) groups is 2. The van der Waals surface area contributed by atoms with E-state index in [-0.39, 0.29) is 5.91 Å². The third kappa shape index (κ3) is 4.45. The Morgan fingerprint density at radius 2 is 2.00 bits per heavy atom. The predicted octanol–water partition coefficient (Wildman–Crippen LogP) is 1.02. The molecule has 2 rings (SSSR count). The third-order valence-corrected chi connectivity index (χ3v) is 2.61. The van der Waals surface area contributed by atoms with E-state index in [1.54, 1.807) is 0 Å². The molecule has 1 aliphatic rings. The van der Waals surface area contributed by atoms with Gasteiger partial charge in [-0.1, -0.05) is 18.2 Å². The number of para-hydroxylation sites is 1. The van der Waals surface area contributed by atoms with E-state index in [1.165, 1.54) is 11.3 Å². The maximum atomic E-state index is 10.7. The number of hydrogen-bond acceptors (Lipinski definition) is 3. The molecule has 3 N–H and O–H groups in total. The first kappa shape index (κ1) is 14.0. The van der Waals surface area contributed by atoms with Crippen LogP contribution in [0.1, 0.15) is 18.9 Å². The first-order chi connectivity index (χ1) is 8.50. The summed E-state index contributed by atoms with van der Waals surface area (Å²) in [6, 6.07) is 8.32. The smallest absolute Gasteiger partial charge is 0.300 e. The van der Waals surface area contributed by atoms with Crippen molar-refractivity contribution in [2.75, 3.05) is 18.0 Å². The Kier molecular flexibility index (Phi) is 5.17. The second-order valence-electron chi connectivity index (χ2n) is 4.10. The lowest BCUT2D eigenvalue weighted by molar-refractivity contribution is -0.134. The second-order valence-corrected chi connectivity index (χ2v) is 4.10. The van der Waals surface area contributed by atoms with Gasteiger partial charge in [-0.2, -0.15) is 0 Å². The van der Waals surface area contributed by atoms with Crippen molar-refractivity contribution in [1.29, 1.82) is 0 Å². The van der Waals surface area contributed by atoms with Crippen LogP contribution >= 0.6 is 0 Å². The van der Waals surface area contributed by atoms with Crippen molar-refractivity contribution >= 4 is 17.6 Å². The van der Waals surface area contributed by atoms with Gasteiger partial charge in [-0.25, -0.2) is 0 Å². The number of primary amides is 1. The Hall–Kier alpha value is -2.04. The highest BCUT2D eigenvalue weighted by atomic mass is 16.4. The summed E-state index contributed by atoms with van der Waals surface area (Å²) in [6.45, 7) is 2.83. The van der Waals surface area contributed by atoms with E-state index in [0.29, 0.717) is 6.42 Å². The van der Waals surface area contributed by atoms with E-state index >= 15 is 0 Å². The summed E-state index contributed by atoms with van der Waals surface area (Å²) in [7, 11) is 0. The summed E-state index contributed by atoms with van der Waals surface area (Å²) >= 11 is 0. The molecule has 5 nitrogen and oxygen atoms in total. The Bertz CT molecular complexity index is 428. The van der Waals surface area contributed by atoms with Crippen molar-refractivity contribution in [3.63, 3.8) is 0 Å². The fraction of sp³-hybridized carbons (Fsp3) is 0.385. The first-order valence-corrected chi connectivity index (χ1v) is 5.81. The topological polar surface area (TPSA) is 83.6 Å². The zero-order valence-electron chi connectivity index (χ0n) is 10.4. The number of hydrogen-bond donors (Lipinski definition) is 2. The van der Waals surface area contributed by atoms with Crippen LogP contribution in [0, 0.1) is 0 Å². The molecule has 98 valence electrons. The second kappa shape index (κ2) is 6.64. The molecule has 0 aliphatic carbocycles. The van der Waals surface area contributed by atoms with E-state index < -0.39 is 5.97 Å². The monoisotopic (exact) mass is 250 g/mol. The molecule has 0 unspecified atom stereocenters. The van der Waals surface area contributed by atoms with E-state index in [2.05, 4.69) is 23.1 Å². The number of aliphatic carboxylic acids is 1. The van der Waals surface area contributed by atoms with Gasteiger partial charge in [0.25, 0.3) is 5.97 Å². The molecule has 0 saturated carbocycles. The highest BCUT2D eigenvalue weighted by molar-refractivity contribution is 5.74. The number of rotatable bonds is 3. The highest BCUT2D eigenvalue weighted by Gasteiger charge is 2.17. The predicted molar refractivity (Wildman–Crippen MR) is 69.5 cm³/mol. The standard InChI is InChI=1S/C11H14N2O.C2H4O2/c12-11(14)6-8-13-7-5-9-3-1-2-4-10(9)13;1-2(3)4/h1-4H,5-8H2,(H2,12,14);1H3,(H,3,4). The number of anilines is 1. The van der Waals surface area contributed by atoms with Crippen LogP contribution in [-0.4, -0.2) is 30.1 Å². The molecule has 0 saturated heterocycles. The zero-order valence-corrected chi connectivity index (χ0v) is 10.4. The molecule has 0 fully saturated rings. The number of carboxylic acids is 1. The van der Waals surface area contributed by atoms with E-state index in [0.717, 1.165) is 26.4 Å². The Morgan fingerprint density at radius 1 is 1.39 bits per heavy atom. The first-order valence-electron chi connectivity index (χ1n) is 5.81. The van der Waals surface area contributed by atoms with E-state index in [9.17, 15) is 4.79 Å². The molecule has 5 heteroatoms. The van der Waals surface area contributed by atoms with Crippen molar-refractivity contribution in [3.05, 3.63) is 29.8 Å². The molecule has 0 radical (unpaired) electrons. The van der Waals surface area contributed by atoms with Gasteiger partial charge >= 0.3 is 0 Å². The molecule has 1 heterocycles. The highest BCUT2D eigenvalue weighted by Crippen LogP contribution is 2.26. The summed E-state index contributed by atoms with van der Waals surface area (Å²) in [5, 5.41) is 7.42. The van der Waals surface area contributed by atoms with E-state index in [1.807, 2.05) is 6.07 Å². The third-order valence-electron chi connectivity index (χ3n) is 2.61. The summed E-state index contributed by atoms with van der Waals surface area (Å²) in [5.41, 5.74) is 7.76. The zero-order chi connectivity index (χ0) is 13.5. The minimum atomic E-state index is -0.833. The molecule has 0 atom stereocenters. The van der Waals surface area contributed by atoms with Crippen molar-refractivity contribution in [2.24, 2.45) is 5.73 Å². The van der Waals surface area contributed by atoms with Crippen LogP contribution in [0.3, 0.4) is 0 Å². The van der Waals surface area contributed by atoms with E-state index in [4.69, 9.17) is 15.6 Å². The lowest BCUT2D eigenvalue weighted by atomic mass is 10.2. The van der Waals surface area contributed by atoms with Gasteiger partial charge in [-0.05, 0) is 18.1 Å². The van der Waals surface area contributed by atoms with Crippen molar-refractivity contribution < 1.29 is 14.7 Å². The van der Waals surface area contributed by atoms with Crippen LogP contribution < -0.4 is 10.6 Å². The van der Waals surface area contributed by atoms with Crippen LogP contribution in [0.2, 0.25) is 0 Å². The Labute approximate surface area is 106 Å². The lowest BCUT2D eigenvalue weighted by Crippen LogP contribution is -2.26. The normalized spacial score (nSPS) is 12.4. The van der Waals surface area contributed by atoms with Crippen molar-refractivity contribution in [3.8, 4) is 0 Å². The van der Waals surface area contributed by atoms with Gasteiger partial charge in [-0.15, -0.1) is 0 Å². The molecule has 0 bridgehead atoms. The number of fused-ring (bicyclic) bond motifs is 1. The number of nitrogens with zero attached hydrogens (tertiary/aromatic N) is 1. The number of carbonyl (C=O) groups excluding carboxylic acids is 1. The summed E-state index contributed by atoms with van der Waals surface area (Å²) in [4.78, 5) is 21.9. The molecule has 1 aliphatic heterocycles. The van der Waals surface area contributed by atoms with Gasteiger partial charge in [0.1, 0.15) is 0 Å². The van der Waals surface area contributed by atoms with Gasteiger partial charge in [0.15, 0.2) is 0 Å². The van der Waals surface area contributed by atoms with Crippen LogP contribution in [0.4, 0.5) is 5.69 Å². The molecule has 1 amide bonds. The summed E-state index contributed by atoms with van der Waals surface area (Å²) in [5.74, 6) is -1.06. The summed E-state index contributed by atoms with van der Waals surface area (Å²) < 4.78 is 0. The number of benzene rings is 1. The van der Waals surface area contributed by atoms with Crippen LogP contribution in [0.15, 0.2) is 24.3 Å². The van der Waals surface area contributed by atoms with Gasteiger partial charge in [0.2, 0.25) is 5.91 Å². The maximum Gasteiger partial charge on any atom is 0.300 e. The molecular formula is C13H18N2O3. The van der Waals surface area contributed by atoms with Crippen molar-refractivity contribution in [2.45, 2.75) is 19.8 Å². The minimum absolute atomic E-state index is 0.227. The molecule has 18 heavy (non-hydrogen) atoms. The Balaban J connectivity index is 0.000000357. The molecule has 1 aromatic rings. The number of carboxylic acid groups (broad SMARTS) is 1. The number of amides is 1. The van der Waals surface area contributed by atoms with Crippen LogP contribution in [0.25, 0.3) is 0 Å². The minimum Gasteiger partial charge on any atom is -0.481 e. The SMILES string of the molecule is CC(=O)O.NC(=O)CCN1CCc2ccccc21. The van der Waals surface area contributed by atoms with Crippen LogP contribution in [-0.2, 0) is 16.0 Å². The van der Waals surface area contributed by atoms with Gasteiger partial charge < -0.3 is 15.7 Å². The fourth-order valence-corrected chi connectivity index (χ4v) is 1.88. The lowest BCUT2D eigenvalue weighted by Gasteiger charge is -2.17. The van der Waals surface area contributed by atoms with Gasteiger partial charge in [-0.3, -0.25) is 9.59 Å². The maximum absolute atomic E-state index is 10.7. The quantitative estimate of drug-likeness (QED) is 0.838.